The van der Waals surface area contributed by atoms with Crippen molar-refractivity contribution in [2.45, 2.75) is 26.2 Å². The number of nitrogens with zero attached hydrogens (tertiary/aromatic N) is 3. The molecule has 0 atom stereocenters. The molecule has 3 nitrogen and oxygen atoms in total. The fraction of sp³-hybridized carbons (Fsp3) is 0.400. The van der Waals surface area contributed by atoms with E-state index in [9.17, 15) is 0 Å². The van der Waals surface area contributed by atoms with Crippen LogP contribution in [0.1, 0.15) is 26.3 Å². The van der Waals surface area contributed by atoms with Crippen molar-refractivity contribution in [3.05, 3.63) is 29.2 Å². The highest BCUT2D eigenvalue weighted by Crippen LogP contribution is 2.27. The average Bonchev–Trinajstić information content (AvgIpc) is 2.50. The molecule has 0 radical (unpaired) electrons. The fourth-order valence-electron chi connectivity index (χ4n) is 1.47. The fourth-order valence-corrected chi connectivity index (χ4v) is 1.65. The Bertz CT molecular complexity index is 468. The molecule has 0 fully saturated rings. The topological polar surface area (TPSA) is 30.2 Å². The van der Waals surface area contributed by atoms with E-state index >= 15 is 0 Å². The molecule has 4 heteroatoms. The first-order valence-corrected chi connectivity index (χ1v) is 4.86. The van der Waals surface area contributed by atoms with Crippen LogP contribution in [0.15, 0.2) is 18.5 Å². The number of aromatic nitrogens is 3. The maximum atomic E-state index is 6.00. The van der Waals surface area contributed by atoms with Crippen LogP contribution < -0.4 is 0 Å². The second kappa shape index (κ2) is 2.95. The third-order valence-electron chi connectivity index (χ3n) is 2.21. The second-order valence-electron chi connectivity index (χ2n) is 4.34. The summed E-state index contributed by atoms with van der Waals surface area (Å²) in [7, 11) is 0. The Morgan fingerprint density at radius 2 is 2.00 bits per heavy atom. The molecule has 0 N–H and O–H groups in total. The summed E-state index contributed by atoms with van der Waals surface area (Å²) in [5.41, 5.74) is 2.04. The van der Waals surface area contributed by atoms with Gasteiger partial charge >= 0.3 is 0 Å². The summed E-state index contributed by atoms with van der Waals surface area (Å²) in [6.45, 7) is 6.43. The molecule has 0 aliphatic rings. The first kappa shape index (κ1) is 9.46. The number of halogens is 1. The van der Waals surface area contributed by atoms with Gasteiger partial charge in [0.2, 0.25) is 0 Å². The summed E-state index contributed by atoms with van der Waals surface area (Å²) in [6.07, 6.45) is 1.63. The zero-order valence-corrected chi connectivity index (χ0v) is 9.21. The number of hydrogen-bond donors (Lipinski definition) is 0. The van der Waals surface area contributed by atoms with Crippen molar-refractivity contribution >= 4 is 17.2 Å². The van der Waals surface area contributed by atoms with Gasteiger partial charge in [-0.3, -0.25) is 4.40 Å². The molecular formula is C10H12ClN3. The summed E-state index contributed by atoms with van der Waals surface area (Å²) < 4.78 is 1.79. The highest BCUT2D eigenvalue weighted by molar-refractivity contribution is 6.29. The summed E-state index contributed by atoms with van der Waals surface area (Å²) in [4.78, 5) is 0. The standard InChI is InChI=1S/C10H12ClN3/c1-10(2,3)7-4-5-8(11)14-6-12-13-9(7)14/h4-6H,1-3H3. The summed E-state index contributed by atoms with van der Waals surface area (Å²) in [5.74, 6) is 0. The normalized spacial score (nSPS) is 12.3. The smallest absolute Gasteiger partial charge is 0.165 e. The molecule has 0 aliphatic carbocycles. The Labute approximate surface area is 87.7 Å². The molecule has 2 rings (SSSR count). The summed E-state index contributed by atoms with van der Waals surface area (Å²) >= 11 is 6.00. The Balaban J connectivity index is 2.80. The van der Waals surface area contributed by atoms with Gasteiger partial charge in [0.25, 0.3) is 0 Å². The molecule has 74 valence electrons. The van der Waals surface area contributed by atoms with Crippen molar-refractivity contribution in [1.82, 2.24) is 14.6 Å². The van der Waals surface area contributed by atoms with Gasteiger partial charge in [-0.2, -0.15) is 0 Å². The van der Waals surface area contributed by atoms with E-state index in [2.05, 4.69) is 31.0 Å². The number of fused-ring (bicyclic) bond motifs is 1. The number of pyridine rings is 1. The Hall–Kier alpha value is -1.09. The molecule has 0 aromatic carbocycles. The van der Waals surface area contributed by atoms with Crippen molar-refractivity contribution < 1.29 is 0 Å². The number of hydrogen-bond acceptors (Lipinski definition) is 2. The average molecular weight is 210 g/mol. The van der Waals surface area contributed by atoms with Crippen molar-refractivity contribution in [3.63, 3.8) is 0 Å². The van der Waals surface area contributed by atoms with Gasteiger partial charge in [0.1, 0.15) is 11.5 Å². The van der Waals surface area contributed by atoms with Gasteiger partial charge in [-0.1, -0.05) is 38.4 Å². The first-order chi connectivity index (χ1) is 6.50. The summed E-state index contributed by atoms with van der Waals surface area (Å²) in [6, 6.07) is 3.88. The van der Waals surface area contributed by atoms with Crippen molar-refractivity contribution in [1.29, 1.82) is 0 Å². The minimum Gasteiger partial charge on any atom is -0.271 e. The van der Waals surface area contributed by atoms with E-state index in [-0.39, 0.29) is 5.41 Å². The van der Waals surface area contributed by atoms with Crippen LogP contribution in [0.4, 0.5) is 0 Å². The molecule has 0 saturated carbocycles. The predicted octanol–water partition coefficient (Wildman–Crippen LogP) is 2.68. The molecule has 0 saturated heterocycles. The van der Waals surface area contributed by atoms with E-state index in [1.165, 1.54) is 0 Å². The zero-order chi connectivity index (χ0) is 10.3. The lowest BCUT2D eigenvalue weighted by molar-refractivity contribution is 0.591. The zero-order valence-electron chi connectivity index (χ0n) is 8.45. The molecule has 0 spiro atoms. The molecule has 0 bridgehead atoms. The Morgan fingerprint density at radius 1 is 1.29 bits per heavy atom. The van der Waals surface area contributed by atoms with Crippen molar-refractivity contribution in [2.24, 2.45) is 0 Å². The van der Waals surface area contributed by atoms with E-state index < -0.39 is 0 Å². The van der Waals surface area contributed by atoms with Crippen LogP contribution in [-0.2, 0) is 5.41 Å². The molecule has 2 aromatic heterocycles. The summed E-state index contributed by atoms with van der Waals surface area (Å²) in [5, 5.41) is 8.58. The first-order valence-electron chi connectivity index (χ1n) is 4.49. The van der Waals surface area contributed by atoms with Crippen LogP contribution >= 0.6 is 11.6 Å². The van der Waals surface area contributed by atoms with E-state index in [1.807, 2.05) is 12.1 Å². The number of rotatable bonds is 0. The van der Waals surface area contributed by atoms with Gasteiger partial charge in [0.15, 0.2) is 5.65 Å². The van der Waals surface area contributed by atoms with E-state index in [0.29, 0.717) is 5.15 Å². The van der Waals surface area contributed by atoms with Crippen LogP contribution in [0.5, 0.6) is 0 Å². The molecular weight excluding hydrogens is 198 g/mol. The van der Waals surface area contributed by atoms with Crippen LogP contribution in [0.3, 0.4) is 0 Å². The third kappa shape index (κ3) is 1.38. The van der Waals surface area contributed by atoms with Gasteiger partial charge in [0.05, 0.1) is 0 Å². The monoisotopic (exact) mass is 209 g/mol. The minimum atomic E-state index is 0.0544. The van der Waals surface area contributed by atoms with Crippen LogP contribution in [0, 0.1) is 0 Å². The lowest BCUT2D eigenvalue weighted by Crippen LogP contribution is -2.13. The van der Waals surface area contributed by atoms with Gasteiger partial charge in [0, 0.05) is 5.56 Å². The van der Waals surface area contributed by atoms with E-state index in [1.54, 1.807) is 10.7 Å². The quantitative estimate of drug-likeness (QED) is 0.625. The lowest BCUT2D eigenvalue weighted by atomic mass is 9.88. The lowest BCUT2D eigenvalue weighted by Gasteiger charge is -2.19. The van der Waals surface area contributed by atoms with Crippen molar-refractivity contribution in [2.75, 3.05) is 0 Å². The largest absolute Gasteiger partial charge is 0.271 e. The van der Waals surface area contributed by atoms with E-state index in [4.69, 9.17) is 11.6 Å². The Morgan fingerprint density at radius 3 is 2.64 bits per heavy atom. The predicted molar refractivity (Wildman–Crippen MR) is 56.7 cm³/mol. The molecule has 0 amide bonds. The minimum absolute atomic E-state index is 0.0544. The van der Waals surface area contributed by atoms with Crippen molar-refractivity contribution in [3.8, 4) is 0 Å². The maximum Gasteiger partial charge on any atom is 0.165 e. The van der Waals surface area contributed by atoms with Gasteiger partial charge in [-0.05, 0) is 11.5 Å². The molecule has 14 heavy (non-hydrogen) atoms. The van der Waals surface area contributed by atoms with Gasteiger partial charge < -0.3 is 0 Å². The molecule has 2 heterocycles. The SMILES string of the molecule is CC(C)(C)c1ccc(Cl)n2cnnc12. The Kier molecular flexibility index (Phi) is 2.00. The third-order valence-corrected chi connectivity index (χ3v) is 2.52. The second-order valence-corrected chi connectivity index (χ2v) is 4.73. The van der Waals surface area contributed by atoms with Crippen LogP contribution in [0.2, 0.25) is 5.15 Å². The van der Waals surface area contributed by atoms with Gasteiger partial charge in [-0.25, -0.2) is 0 Å². The molecule has 0 unspecified atom stereocenters. The maximum absolute atomic E-state index is 6.00. The molecule has 0 aliphatic heterocycles. The van der Waals surface area contributed by atoms with Crippen LogP contribution in [0.25, 0.3) is 5.65 Å². The van der Waals surface area contributed by atoms with Gasteiger partial charge in [-0.15, -0.1) is 10.2 Å². The highest BCUT2D eigenvalue weighted by atomic mass is 35.5. The van der Waals surface area contributed by atoms with E-state index in [0.717, 1.165) is 11.2 Å². The van der Waals surface area contributed by atoms with Crippen LogP contribution in [-0.4, -0.2) is 14.6 Å². The highest BCUT2D eigenvalue weighted by Gasteiger charge is 2.19. The molecule has 2 aromatic rings.